The van der Waals surface area contributed by atoms with Crippen molar-refractivity contribution in [2.24, 2.45) is 0 Å². The van der Waals surface area contributed by atoms with Crippen molar-refractivity contribution in [1.82, 2.24) is 0 Å². The molecule has 2 nitrogen and oxygen atoms in total. The van der Waals surface area contributed by atoms with Crippen LogP contribution in [0.1, 0.15) is 48.0 Å². The summed E-state index contributed by atoms with van der Waals surface area (Å²) in [5, 5.41) is 11.0. The average Bonchev–Trinajstić information content (AvgIpc) is 2.69. The second-order valence-electron chi connectivity index (χ2n) is 8.81. The molecule has 0 saturated heterocycles. The molecule has 5 heteroatoms. The predicted octanol–water partition coefficient (Wildman–Crippen LogP) is 7.84. The van der Waals surface area contributed by atoms with Crippen molar-refractivity contribution >= 4 is 31.8 Å². The van der Waals surface area contributed by atoms with Gasteiger partial charge in [-0.05, 0) is 47.3 Å². The van der Waals surface area contributed by atoms with Gasteiger partial charge in [0.1, 0.15) is 0 Å². The zero-order chi connectivity index (χ0) is 22.1. The lowest BCUT2D eigenvalue weighted by Crippen LogP contribution is -2.49. The standard InChI is InChI=1S/C25H38O2S2Si/c1-19(2)30(20(3)4,21(5)6)27-18-22(26)17-25(28-23-13-9-7-10-14-23)29-24-15-11-8-12-16-24/h7-16,19-22,25-26H,17-18H2,1-6H3. The minimum absolute atomic E-state index is 0.224. The number of rotatable bonds is 12. The lowest BCUT2D eigenvalue weighted by atomic mass is 10.3. The quantitative estimate of drug-likeness (QED) is 0.198. The molecule has 0 fully saturated rings. The Morgan fingerprint density at radius 2 is 1.13 bits per heavy atom. The van der Waals surface area contributed by atoms with Crippen molar-refractivity contribution in [3.63, 3.8) is 0 Å². The molecule has 1 unspecified atom stereocenters. The Hall–Kier alpha value is -0.723. The van der Waals surface area contributed by atoms with Gasteiger partial charge < -0.3 is 9.53 Å². The van der Waals surface area contributed by atoms with E-state index >= 15 is 0 Å². The highest BCUT2D eigenvalue weighted by atomic mass is 32.2. The molecule has 1 atom stereocenters. The predicted molar refractivity (Wildman–Crippen MR) is 136 cm³/mol. The summed E-state index contributed by atoms with van der Waals surface area (Å²) < 4.78 is 6.87. The van der Waals surface area contributed by atoms with Crippen molar-refractivity contribution in [1.29, 1.82) is 0 Å². The first-order valence-corrected chi connectivity index (χ1v) is 14.9. The molecule has 2 aromatic rings. The van der Waals surface area contributed by atoms with Crippen molar-refractivity contribution in [2.45, 2.75) is 85.1 Å². The van der Waals surface area contributed by atoms with Crippen LogP contribution in [0.4, 0.5) is 0 Å². The monoisotopic (exact) mass is 462 g/mol. The summed E-state index contributed by atoms with van der Waals surface area (Å²) in [4.78, 5) is 2.46. The van der Waals surface area contributed by atoms with E-state index in [1.54, 1.807) is 0 Å². The molecule has 2 rings (SSSR count). The van der Waals surface area contributed by atoms with Gasteiger partial charge in [0.15, 0.2) is 8.32 Å². The highest BCUT2D eigenvalue weighted by Gasteiger charge is 2.45. The summed E-state index contributed by atoms with van der Waals surface area (Å²) in [7, 11) is -1.96. The van der Waals surface area contributed by atoms with Crippen LogP contribution in [-0.4, -0.2) is 30.7 Å². The zero-order valence-corrected chi connectivity index (χ0v) is 21.9. The molecule has 0 saturated carbocycles. The third kappa shape index (κ3) is 7.16. The molecule has 0 aromatic heterocycles. The Balaban J connectivity index is 2.08. The average molecular weight is 463 g/mol. The van der Waals surface area contributed by atoms with Crippen LogP contribution in [-0.2, 0) is 4.43 Å². The van der Waals surface area contributed by atoms with Gasteiger partial charge in [0.2, 0.25) is 0 Å². The number of benzene rings is 2. The van der Waals surface area contributed by atoms with E-state index in [0.29, 0.717) is 29.7 Å². The third-order valence-corrected chi connectivity index (χ3v) is 14.4. The molecule has 0 radical (unpaired) electrons. The fourth-order valence-electron chi connectivity index (χ4n) is 4.45. The number of aliphatic hydroxyl groups excluding tert-OH is 1. The summed E-state index contributed by atoms with van der Waals surface area (Å²) >= 11 is 3.65. The Morgan fingerprint density at radius 3 is 1.50 bits per heavy atom. The lowest BCUT2D eigenvalue weighted by molar-refractivity contribution is 0.0940. The molecular weight excluding hydrogens is 424 g/mol. The summed E-state index contributed by atoms with van der Waals surface area (Å²) in [5.74, 6) is 0. The molecule has 1 N–H and O–H groups in total. The number of thioether (sulfide) groups is 2. The summed E-state index contributed by atoms with van der Waals surface area (Å²) in [6, 6.07) is 20.9. The zero-order valence-electron chi connectivity index (χ0n) is 19.2. The van der Waals surface area contributed by atoms with Crippen LogP contribution in [0.3, 0.4) is 0 Å². The maximum Gasteiger partial charge on any atom is 0.200 e. The van der Waals surface area contributed by atoms with Crippen LogP contribution in [0.2, 0.25) is 16.6 Å². The topological polar surface area (TPSA) is 29.5 Å². The van der Waals surface area contributed by atoms with Crippen molar-refractivity contribution in [3.05, 3.63) is 60.7 Å². The largest absolute Gasteiger partial charge is 0.413 e. The maximum absolute atomic E-state index is 11.0. The molecule has 0 amide bonds. The first kappa shape index (κ1) is 25.5. The molecule has 2 aromatic carbocycles. The first-order valence-electron chi connectivity index (χ1n) is 11.0. The van der Waals surface area contributed by atoms with Crippen molar-refractivity contribution in [2.75, 3.05) is 6.61 Å². The van der Waals surface area contributed by atoms with E-state index < -0.39 is 14.4 Å². The number of aliphatic hydroxyl groups is 1. The van der Waals surface area contributed by atoms with E-state index in [0.717, 1.165) is 0 Å². The maximum atomic E-state index is 11.0. The van der Waals surface area contributed by atoms with Gasteiger partial charge >= 0.3 is 0 Å². The Labute approximate surface area is 193 Å². The highest BCUT2D eigenvalue weighted by molar-refractivity contribution is 8.17. The molecular formula is C25H38O2S2Si. The van der Waals surface area contributed by atoms with Gasteiger partial charge in [-0.1, -0.05) is 77.9 Å². The summed E-state index contributed by atoms with van der Waals surface area (Å²) in [6.07, 6.45) is 0.225. The second kappa shape index (κ2) is 12.3. The number of hydrogen-bond donors (Lipinski definition) is 1. The fourth-order valence-corrected chi connectivity index (χ4v) is 12.7. The summed E-state index contributed by atoms with van der Waals surface area (Å²) in [6.45, 7) is 14.2. The molecule has 0 aliphatic carbocycles. The van der Waals surface area contributed by atoms with Gasteiger partial charge in [-0.25, -0.2) is 0 Å². The van der Waals surface area contributed by atoms with Gasteiger partial charge in [0, 0.05) is 9.79 Å². The Kier molecular flexibility index (Phi) is 10.5. The normalized spacial score (nSPS) is 13.6. The highest BCUT2D eigenvalue weighted by Crippen LogP contribution is 2.43. The van der Waals surface area contributed by atoms with E-state index in [9.17, 15) is 5.11 Å². The smallest absolute Gasteiger partial charge is 0.200 e. The van der Waals surface area contributed by atoms with Crippen LogP contribution < -0.4 is 0 Å². The second-order valence-corrected chi connectivity index (χ2v) is 17.1. The molecule has 0 bridgehead atoms. The van der Waals surface area contributed by atoms with Crippen LogP contribution in [0.5, 0.6) is 0 Å². The van der Waals surface area contributed by atoms with E-state index in [-0.39, 0.29) is 4.58 Å². The van der Waals surface area contributed by atoms with Crippen LogP contribution >= 0.6 is 23.5 Å². The van der Waals surface area contributed by atoms with E-state index in [1.165, 1.54) is 9.79 Å². The van der Waals surface area contributed by atoms with E-state index in [1.807, 2.05) is 35.7 Å². The minimum Gasteiger partial charge on any atom is -0.413 e. The van der Waals surface area contributed by atoms with Crippen molar-refractivity contribution in [3.8, 4) is 0 Å². The van der Waals surface area contributed by atoms with Crippen LogP contribution in [0.15, 0.2) is 70.5 Å². The summed E-state index contributed by atoms with van der Waals surface area (Å²) in [5.41, 5.74) is 1.58. The SMILES string of the molecule is CC(C)[Si](OCC(O)CC(Sc1ccccc1)Sc1ccccc1)(C(C)C)C(C)C. The minimum atomic E-state index is -1.96. The lowest BCUT2D eigenvalue weighted by Gasteiger charge is -2.42. The third-order valence-electron chi connectivity index (χ3n) is 5.72. The van der Waals surface area contributed by atoms with E-state index in [4.69, 9.17) is 4.43 Å². The molecule has 30 heavy (non-hydrogen) atoms. The first-order chi connectivity index (χ1) is 14.3. The van der Waals surface area contributed by atoms with Gasteiger partial charge in [-0.2, -0.15) is 0 Å². The van der Waals surface area contributed by atoms with Gasteiger partial charge in [0.05, 0.1) is 17.3 Å². The van der Waals surface area contributed by atoms with E-state index in [2.05, 4.69) is 90.1 Å². The molecule has 0 aliphatic rings. The number of hydrogen-bond acceptors (Lipinski definition) is 4. The van der Waals surface area contributed by atoms with Gasteiger partial charge in [0.25, 0.3) is 0 Å². The molecule has 0 heterocycles. The van der Waals surface area contributed by atoms with Crippen molar-refractivity contribution < 1.29 is 9.53 Å². The van der Waals surface area contributed by atoms with Gasteiger partial charge in [-0.15, -0.1) is 23.5 Å². The Morgan fingerprint density at radius 1 is 0.733 bits per heavy atom. The van der Waals surface area contributed by atoms with Crippen LogP contribution in [0, 0.1) is 0 Å². The molecule has 166 valence electrons. The molecule has 0 aliphatic heterocycles. The molecule has 0 spiro atoms. The Bertz CT molecular complexity index is 659. The van der Waals surface area contributed by atoms with Gasteiger partial charge in [-0.3, -0.25) is 0 Å². The fraction of sp³-hybridized carbons (Fsp3) is 0.520. The van der Waals surface area contributed by atoms with Crippen LogP contribution in [0.25, 0.3) is 0 Å².